The van der Waals surface area contributed by atoms with Gasteiger partial charge < -0.3 is 14.5 Å². The molecule has 2 aromatic rings. The van der Waals surface area contributed by atoms with Gasteiger partial charge in [0.25, 0.3) is 5.91 Å². The van der Waals surface area contributed by atoms with E-state index < -0.39 is 5.82 Å². The fraction of sp³-hybridized carbons (Fsp3) is 0.278. The second kappa shape index (κ2) is 7.54. The van der Waals surface area contributed by atoms with Gasteiger partial charge in [0, 0.05) is 31.1 Å². The van der Waals surface area contributed by atoms with E-state index in [0.29, 0.717) is 31.7 Å². The third-order valence-electron chi connectivity index (χ3n) is 4.23. The second-order valence-electron chi connectivity index (χ2n) is 5.76. The molecule has 1 aliphatic heterocycles. The van der Waals surface area contributed by atoms with E-state index in [1.165, 1.54) is 12.1 Å². The Labute approximate surface area is 156 Å². The summed E-state index contributed by atoms with van der Waals surface area (Å²) in [6.07, 6.45) is 0. The zero-order valence-corrected chi connectivity index (χ0v) is 15.4. The Bertz CT molecular complexity index is 795. The minimum Gasteiger partial charge on any atom is -0.495 e. The Balaban J connectivity index is 1.71. The molecule has 1 saturated heterocycles. The Morgan fingerprint density at radius 1 is 1.16 bits per heavy atom. The van der Waals surface area contributed by atoms with Gasteiger partial charge in [-0.15, -0.1) is 12.6 Å². The van der Waals surface area contributed by atoms with Crippen molar-refractivity contribution < 1.29 is 13.9 Å². The normalized spacial score (nSPS) is 14.6. The summed E-state index contributed by atoms with van der Waals surface area (Å²) in [4.78, 5) is 17.4. The van der Waals surface area contributed by atoms with Crippen LogP contribution in [0.15, 0.2) is 41.3 Å². The molecule has 0 bridgehead atoms. The summed E-state index contributed by atoms with van der Waals surface area (Å²) in [5.74, 6) is 0.142. The number of carbonyl (C=O) groups is 1. The lowest BCUT2D eigenvalue weighted by molar-refractivity contribution is 0.0747. The Hall–Kier alpha value is -1.92. The first-order valence-corrected chi connectivity index (χ1v) is 8.68. The lowest BCUT2D eigenvalue weighted by Gasteiger charge is -2.36. The van der Waals surface area contributed by atoms with Gasteiger partial charge in [0.2, 0.25) is 0 Å². The lowest BCUT2D eigenvalue weighted by Crippen LogP contribution is -2.49. The standard InChI is InChI=1S/C18H18ClFN2O2S/c1-24-17-5-3-13(25)11-16(17)21-6-8-22(9-7-21)18(23)14-4-2-12(20)10-15(14)19/h2-5,10-11,25H,6-9H2,1H3. The highest BCUT2D eigenvalue weighted by molar-refractivity contribution is 7.80. The SMILES string of the molecule is COc1ccc(S)cc1N1CCN(C(=O)c2ccc(F)cc2Cl)CC1. The van der Waals surface area contributed by atoms with E-state index in [9.17, 15) is 9.18 Å². The maximum Gasteiger partial charge on any atom is 0.255 e. The molecule has 0 aromatic heterocycles. The van der Waals surface area contributed by atoms with Crippen LogP contribution in [0.3, 0.4) is 0 Å². The fourth-order valence-corrected chi connectivity index (χ4v) is 3.35. The van der Waals surface area contributed by atoms with E-state index in [4.69, 9.17) is 16.3 Å². The van der Waals surface area contributed by atoms with E-state index in [1.54, 1.807) is 12.0 Å². The zero-order chi connectivity index (χ0) is 18.0. The summed E-state index contributed by atoms with van der Waals surface area (Å²) in [5.41, 5.74) is 1.29. The van der Waals surface area contributed by atoms with Crippen molar-refractivity contribution >= 4 is 35.8 Å². The molecule has 2 aromatic carbocycles. The third kappa shape index (κ3) is 3.85. The molecule has 0 atom stereocenters. The predicted molar refractivity (Wildman–Crippen MR) is 99.8 cm³/mol. The molecule has 1 heterocycles. The molecule has 0 N–H and O–H groups in total. The molecule has 0 spiro atoms. The maximum absolute atomic E-state index is 13.2. The van der Waals surface area contributed by atoms with Crippen LogP contribution in [0, 0.1) is 5.82 Å². The van der Waals surface area contributed by atoms with E-state index in [2.05, 4.69) is 17.5 Å². The van der Waals surface area contributed by atoms with Gasteiger partial charge in [-0.2, -0.15) is 0 Å². The number of rotatable bonds is 3. The minimum atomic E-state index is -0.454. The van der Waals surface area contributed by atoms with Crippen molar-refractivity contribution in [3.63, 3.8) is 0 Å². The van der Waals surface area contributed by atoms with E-state index in [1.807, 2.05) is 18.2 Å². The molecule has 132 valence electrons. The van der Waals surface area contributed by atoms with Crippen LogP contribution in [-0.2, 0) is 0 Å². The minimum absolute atomic E-state index is 0.136. The zero-order valence-electron chi connectivity index (χ0n) is 13.7. The number of thiol groups is 1. The van der Waals surface area contributed by atoms with E-state index in [0.717, 1.165) is 22.4 Å². The average molecular weight is 381 g/mol. The molecule has 4 nitrogen and oxygen atoms in total. The number of hydrogen-bond donors (Lipinski definition) is 1. The molecule has 0 aliphatic carbocycles. The van der Waals surface area contributed by atoms with E-state index in [-0.39, 0.29) is 10.9 Å². The molecule has 1 fully saturated rings. The van der Waals surface area contributed by atoms with Crippen molar-refractivity contribution in [3.05, 3.63) is 52.8 Å². The van der Waals surface area contributed by atoms with Crippen LogP contribution < -0.4 is 9.64 Å². The highest BCUT2D eigenvalue weighted by Gasteiger charge is 2.25. The average Bonchev–Trinajstić information content (AvgIpc) is 2.61. The number of ether oxygens (including phenoxy) is 1. The first-order valence-electron chi connectivity index (χ1n) is 7.86. The number of halogens is 2. The number of piperazine rings is 1. The van der Waals surface area contributed by atoms with Crippen LogP contribution in [0.1, 0.15) is 10.4 Å². The largest absolute Gasteiger partial charge is 0.495 e. The third-order valence-corrected chi connectivity index (χ3v) is 4.82. The summed E-state index contributed by atoms with van der Waals surface area (Å²) in [5, 5.41) is 0.136. The van der Waals surface area contributed by atoms with Gasteiger partial charge >= 0.3 is 0 Å². The molecule has 0 saturated carbocycles. The summed E-state index contributed by atoms with van der Waals surface area (Å²) in [7, 11) is 1.63. The van der Waals surface area contributed by atoms with Gasteiger partial charge in [-0.1, -0.05) is 11.6 Å². The van der Waals surface area contributed by atoms with Crippen LogP contribution >= 0.6 is 24.2 Å². The first-order chi connectivity index (χ1) is 12.0. The Morgan fingerprint density at radius 3 is 2.52 bits per heavy atom. The van der Waals surface area contributed by atoms with Gasteiger partial charge in [0.15, 0.2) is 0 Å². The molecule has 1 amide bonds. The number of methoxy groups -OCH3 is 1. The molecule has 25 heavy (non-hydrogen) atoms. The van der Waals surface area contributed by atoms with Gasteiger partial charge in [0.1, 0.15) is 11.6 Å². The van der Waals surface area contributed by atoms with Crippen LogP contribution in [0.4, 0.5) is 10.1 Å². The Morgan fingerprint density at radius 2 is 1.88 bits per heavy atom. The summed E-state index contributed by atoms with van der Waals surface area (Å²) in [6, 6.07) is 9.55. The smallest absolute Gasteiger partial charge is 0.255 e. The van der Waals surface area contributed by atoms with Crippen molar-refractivity contribution in [1.29, 1.82) is 0 Å². The van der Waals surface area contributed by atoms with Crippen LogP contribution in [0.25, 0.3) is 0 Å². The van der Waals surface area contributed by atoms with Crippen LogP contribution in [0.2, 0.25) is 5.02 Å². The molecule has 1 aliphatic rings. The first kappa shape index (κ1) is 17.9. The molecule has 7 heteroatoms. The van der Waals surface area contributed by atoms with Gasteiger partial charge in [-0.3, -0.25) is 4.79 Å². The number of nitrogens with zero attached hydrogens (tertiary/aromatic N) is 2. The topological polar surface area (TPSA) is 32.8 Å². The van der Waals surface area contributed by atoms with Crippen LogP contribution in [-0.4, -0.2) is 44.1 Å². The van der Waals surface area contributed by atoms with Gasteiger partial charge in [0.05, 0.1) is 23.4 Å². The number of benzene rings is 2. The number of hydrogen-bond acceptors (Lipinski definition) is 4. The number of amides is 1. The van der Waals surface area contributed by atoms with Crippen molar-refractivity contribution in [2.75, 3.05) is 38.2 Å². The second-order valence-corrected chi connectivity index (χ2v) is 6.68. The highest BCUT2D eigenvalue weighted by Crippen LogP contribution is 2.31. The molecular weight excluding hydrogens is 363 g/mol. The molecule has 3 rings (SSSR count). The number of carbonyl (C=O) groups excluding carboxylic acids is 1. The highest BCUT2D eigenvalue weighted by atomic mass is 35.5. The number of anilines is 1. The summed E-state index contributed by atoms with van der Waals surface area (Å²) in [6.45, 7) is 2.43. The van der Waals surface area contributed by atoms with E-state index >= 15 is 0 Å². The Kier molecular flexibility index (Phi) is 5.39. The van der Waals surface area contributed by atoms with Gasteiger partial charge in [-0.05, 0) is 36.4 Å². The van der Waals surface area contributed by atoms with Crippen molar-refractivity contribution in [1.82, 2.24) is 4.90 Å². The maximum atomic E-state index is 13.2. The lowest BCUT2D eigenvalue weighted by atomic mass is 10.1. The predicted octanol–water partition coefficient (Wildman–Crippen LogP) is 3.74. The van der Waals surface area contributed by atoms with Crippen molar-refractivity contribution in [2.24, 2.45) is 0 Å². The summed E-state index contributed by atoms with van der Waals surface area (Å²) >= 11 is 10.4. The molecular formula is C18H18ClFN2O2S. The molecule has 0 unspecified atom stereocenters. The fourth-order valence-electron chi connectivity index (χ4n) is 2.91. The van der Waals surface area contributed by atoms with Gasteiger partial charge in [-0.25, -0.2) is 4.39 Å². The van der Waals surface area contributed by atoms with Crippen molar-refractivity contribution in [2.45, 2.75) is 4.90 Å². The molecule has 0 radical (unpaired) electrons. The van der Waals surface area contributed by atoms with Crippen LogP contribution in [0.5, 0.6) is 5.75 Å². The monoisotopic (exact) mass is 380 g/mol. The van der Waals surface area contributed by atoms with Crippen molar-refractivity contribution in [3.8, 4) is 5.75 Å². The summed E-state index contributed by atoms with van der Waals surface area (Å²) < 4.78 is 18.6. The quantitative estimate of drug-likeness (QED) is 0.823.